The molecule has 36 heavy (non-hydrogen) atoms. The molecule has 1 aromatic rings. The van der Waals surface area contributed by atoms with Gasteiger partial charge in [0.1, 0.15) is 24.8 Å². The van der Waals surface area contributed by atoms with Gasteiger partial charge < -0.3 is 25.6 Å². The molecule has 0 aliphatic carbocycles. The number of fused-ring (bicyclic) bond motifs is 1. The van der Waals surface area contributed by atoms with Crippen molar-refractivity contribution in [3.05, 3.63) is 29.8 Å². The number of nitrogens with zero attached hydrogens (tertiary/aromatic N) is 3. The van der Waals surface area contributed by atoms with E-state index in [-0.39, 0.29) is 36.2 Å². The highest BCUT2D eigenvalue weighted by Crippen LogP contribution is 2.29. The number of nitrogens with one attached hydrogen (secondary N) is 1. The first-order valence-electron chi connectivity index (χ1n) is 13.2. The molecular weight excluding hydrogens is 458 g/mol. The molecule has 3 N–H and O–H groups in total. The Morgan fingerprint density at radius 3 is 2.42 bits per heavy atom. The van der Waals surface area contributed by atoms with E-state index in [2.05, 4.69) is 22.0 Å². The van der Waals surface area contributed by atoms with Crippen LogP contribution >= 0.6 is 0 Å². The van der Waals surface area contributed by atoms with E-state index in [0.29, 0.717) is 12.0 Å². The summed E-state index contributed by atoms with van der Waals surface area (Å²) in [7, 11) is 0. The van der Waals surface area contributed by atoms with Crippen molar-refractivity contribution in [2.24, 2.45) is 11.1 Å². The third kappa shape index (κ3) is 5.90. The molecule has 2 amide bonds. The van der Waals surface area contributed by atoms with E-state index in [0.717, 1.165) is 38.4 Å². The highest BCUT2D eigenvalue weighted by Gasteiger charge is 2.52. The number of ether oxygens (including phenoxy) is 1. The highest BCUT2D eigenvalue weighted by molar-refractivity contribution is 5.99. The van der Waals surface area contributed by atoms with Gasteiger partial charge >= 0.3 is 0 Å². The summed E-state index contributed by atoms with van der Waals surface area (Å²) in [6.07, 6.45) is 1.14. The maximum Gasteiger partial charge on any atom is 0.251 e. The number of carbonyl (C=O) groups excluding carboxylic acids is 3. The van der Waals surface area contributed by atoms with Crippen LogP contribution in [0.5, 0.6) is 0 Å². The Hall–Kier alpha value is -2.49. The van der Waals surface area contributed by atoms with E-state index in [1.165, 1.54) is 11.3 Å². The molecule has 4 atom stereocenters. The average Bonchev–Trinajstić information content (AvgIpc) is 3.38. The van der Waals surface area contributed by atoms with Gasteiger partial charge in [0.2, 0.25) is 5.91 Å². The second-order valence-electron chi connectivity index (χ2n) is 11.5. The van der Waals surface area contributed by atoms with Crippen molar-refractivity contribution in [1.82, 2.24) is 15.1 Å². The number of rotatable bonds is 7. The fourth-order valence-corrected chi connectivity index (χ4v) is 5.54. The molecular formula is C27H41N5O4. The zero-order chi connectivity index (χ0) is 26.0. The highest BCUT2D eigenvalue weighted by atomic mass is 16.5. The monoisotopic (exact) mass is 499 g/mol. The number of carbonyl (C=O) groups is 3. The van der Waals surface area contributed by atoms with Crippen molar-refractivity contribution >= 4 is 23.3 Å². The van der Waals surface area contributed by atoms with Gasteiger partial charge in [-0.05, 0) is 49.1 Å². The number of nitrogens with two attached hydrogens (primary N) is 1. The lowest BCUT2D eigenvalue weighted by atomic mass is 9.87. The van der Waals surface area contributed by atoms with E-state index in [1.807, 2.05) is 45.0 Å². The van der Waals surface area contributed by atoms with Gasteiger partial charge in [0.05, 0.1) is 6.04 Å². The molecule has 198 valence electrons. The topological polar surface area (TPSA) is 108 Å². The van der Waals surface area contributed by atoms with E-state index in [1.54, 1.807) is 0 Å². The van der Waals surface area contributed by atoms with E-state index in [4.69, 9.17) is 10.5 Å². The lowest BCUT2D eigenvalue weighted by molar-refractivity contribution is -0.138. The maximum atomic E-state index is 13.6. The molecule has 3 aliphatic rings. The minimum atomic E-state index is -0.761. The molecule has 1 aromatic carbocycles. The first-order valence-corrected chi connectivity index (χ1v) is 13.2. The minimum Gasteiger partial charge on any atom is -0.369 e. The number of Topliss-reactive ketones (excluding diaryl/α,β-unsaturated/α-hetero) is 1. The average molecular weight is 500 g/mol. The standard InChI is InChI=1S/C27H41N5O4/c1-5-10-30-11-13-31(14-12-30)19-8-6-18(7-9-19)25(34)29-21(15-27(2,3)4)26(35)32-16-20(28)24-23(32)22(33)17-36-24/h6-9,20-21,23-24H,5,10-17,28H2,1-4H3,(H,29,34)/t20-,21?,23-,24-/m1/s1. The number of hydrogen-bond acceptors (Lipinski definition) is 7. The van der Waals surface area contributed by atoms with Crippen LogP contribution in [0.1, 0.15) is 50.9 Å². The number of anilines is 1. The smallest absolute Gasteiger partial charge is 0.251 e. The summed E-state index contributed by atoms with van der Waals surface area (Å²) in [6, 6.07) is 5.75. The van der Waals surface area contributed by atoms with Crippen LogP contribution in [0, 0.1) is 5.41 Å². The number of ketones is 1. The third-order valence-electron chi connectivity index (χ3n) is 7.33. The molecule has 1 unspecified atom stereocenters. The molecule has 9 heteroatoms. The van der Waals surface area contributed by atoms with Crippen LogP contribution in [-0.2, 0) is 14.3 Å². The zero-order valence-corrected chi connectivity index (χ0v) is 22.0. The van der Waals surface area contributed by atoms with Gasteiger partial charge in [-0.3, -0.25) is 19.3 Å². The van der Waals surface area contributed by atoms with E-state index < -0.39 is 24.2 Å². The van der Waals surface area contributed by atoms with Crippen LogP contribution in [0.25, 0.3) is 0 Å². The predicted octanol–water partition coefficient (Wildman–Crippen LogP) is 1.26. The largest absolute Gasteiger partial charge is 0.369 e. The maximum absolute atomic E-state index is 13.6. The van der Waals surface area contributed by atoms with Gasteiger partial charge in [-0.15, -0.1) is 0 Å². The Balaban J connectivity index is 1.43. The molecule has 3 saturated heterocycles. The number of amides is 2. The van der Waals surface area contributed by atoms with Gasteiger partial charge in [-0.1, -0.05) is 27.7 Å². The van der Waals surface area contributed by atoms with E-state index in [9.17, 15) is 14.4 Å². The summed E-state index contributed by atoms with van der Waals surface area (Å²) >= 11 is 0. The first kappa shape index (κ1) is 26.6. The normalized spacial score (nSPS) is 25.7. The van der Waals surface area contributed by atoms with Gasteiger partial charge in [-0.2, -0.15) is 0 Å². The molecule has 3 aliphatic heterocycles. The lowest BCUT2D eigenvalue weighted by Gasteiger charge is -2.36. The molecule has 3 fully saturated rings. The van der Waals surface area contributed by atoms with Crippen molar-refractivity contribution < 1.29 is 19.1 Å². The van der Waals surface area contributed by atoms with Crippen molar-refractivity contribution in [2.75, 3.05) is 50.8 Å². The Labute approximate surface area is 214 Å². The molecule has 9 nitrogen and oxygen atoms in total. The zero-order valence-electron chi connectivity index (χ0n) is 22.0. The number of likely N-dealkylation sites (tertiary alicyclic amines) is 1. The molecule has 0 spiro atoms. The van der Waals surface area contributed by atoms with Crippen molar-refractivity contribution in [2.45, 2.75) is 64.8 Å². The van der Waals surface area contributed by atoms with Crippen LogP contribution in [0.2, 0.25) is 0 Å². The first-order chi connectivity index (χ1) is 17.1. The number of hydrogen-bond donors (Lipinski definition) is 2. The number of piperazine rings is 1. The van der Waals surface area contributed by atoms with Crippen molar-refractivity contribution in [3.8, 4) is 0 Å². The van der Waals surface area contributed by atoms with E-state index >= 15 is 0 Å². The summed E-state index contributed by atoms with van der Waals surface area (Å²) < 4.78 is 5.53. The molecule has 0 saturated carbocycles. The molecule has 0 bridgehead atoms. The quantitative estimate of drug-likeness (QED) is 0.581. The molecule has 4 rings (SSSR count). The summed E-state index contributed by atoms with van der Waals surface area (Å²) in [4.78, 5) is 45.5. The summed E-state index contributed by atoms with van der Waals surface area (Å²) in [5, 5.41) is 2.95. The summed E-state index contributed by atoms with van der Waals surface area (Å²) in [5.41, 5.74) is 7.55. The Morgan fingerprint density at radius 2 is 1.81 bits per heavy atom. The van der Waals surface area contributed by atoms with Gasteiger partial charge in [0, 0.05) is 44.0 Å². The summed E-state index contributed by atoms with van der Waals surface area (Å²) in [6.45, 7) is 13.7. The predicted molar refractivity (Wildman–Crippen MR) is 139 cm³/mol. The SMILES string of the molecule is CCCN1CCN(c2ccc(C(=O)NC(CC(C)(C)C)C(=O)N3C[C@@H](N)[C@H]4OCC(=O)[C@H]43)cc2)CC1. The van der Waals surface area contributed by atoms with Crippen molar-refractivity contribution in [1.29, 1.82) is 0 Å². The van der Waals surface area contributed by atoms with Crippen LogP contribution in [-0.4, -0.2) is 97.5 Å². The third-order valence-corrected chi connectivity index (χ3v) is 7.33. The van der Waals surface area contributed by atoms with Crippen molar-refractivity contribution in [3.63, 3.8) is 0 Å². The fraction of sp³-hybridized carbons (Fsp3) is 0.667. The minimum absolute atomic E-state index is 0.0247. The van der Waals surface area contributed by atoms with Gasteiger partial charge in [-0.25, -0.2) is 0 Å². The van der Waals surface area contributed by atoms with Crippen LogP contribution < -0.4 is 16.0 Å². The second-order valence-corrected chi connectivity index (χ2v) is 11.5. The molecule has 3 heterocycles. The molecule has 0 radical (unpaired) electrons. The molecule has 0 aromatic heterocycles. The Kier molecular flexibility index (Phi) is 8.02. The number of benzene rings is 1. The summed E-state index contributed by atoms with van der Waals surface area (Å²) in [5.74, 6) is -0.708. The van der Waals surface area contributed by atoms with Gasteiger partial charge in [0.15, 0.2) is 5.78 Å². The fourth-order valence-electron chi connectivity index (χ4n) is 5.54. The van der Waals surface area contributed by atoms with Gasteiger partial charge in [0.25, 0.3) is 5.91 Å². The van der Waals surface area contributed by atoms with Crippen LogP contribution in [0.4, 0.5) is 5.69 Å². The lowest BCUT2D eigenvalue weighted by Crippen LogP contribution is -2.53. The van der Waals surface area contributed by atoms with Crippen LogP contribution in [0.3, 0.4) is 0 Å². The van der Waals surface area contributed by atoms with Crippen LogP contribution in [0.15, 0.2) is 24.3 Å². The second kappa shape index (κ2) is 10.9. The Bertz CT molecular complexity index is 952. The Morgan fingerprint density at radius 1 is 1.14 bits per heavy atom.